The highest BCUT2D eigenvalue weighted by Crippen LogP contribution is 2.47. The van der Waals surface area contributed by atoms with Gasteiger partial charge in [0.2, 0.25) is 0 Å². The maximum absolute atomic E-state index is 12.6. The zero-order valence-electron chi connectivity index (χ0n) is 16.4. The summed E-state index contributed by atoms with van der Waals surface area (Å²) in [5.74, 6) is 0.867. The number of fused-ring (bicyclic) bond motifs is 3. The lowest BCUT2D eigenvalue weighted by Gasteiger charge is -2.45. The van der Waals surface area contributed by atoms with Crippen molar-refractivity contribution in [2.24, 2.45) is 0 Å². The van der Waals surface area contributed by atoms with E-state index in [-0.39, 0.29) is 11.7 Å². The van der Waals surface area contributed by atoms with Gasteiger partial charge in [-0.1, -0.05) is 0 Å². The summed E-state index contributed by atoms with van der Waals surface area (Å²) in [6, 6.07) is 2.26. The second kappa shape index (κ2) is 8.21. The lowest BCUT2D eigenvalue weighted by atomic mass is 9.85. The van der Waals surface area contributed by atoms with Gasteiger partial charge in [0.25, 0.3) is 6.43 Å². The van der Waals surface area contributed by atoms with Crippen LogP contribution in [0.2, 0.25) is 0 Å². The van der Waals surface area contributed by atoms with E-state index in [0.717, 1.165) is 42.4 Å². The van der Waals surface area contributed by atoms with Crippen LogP contribution in [0.4, 0.5) is 8.78 Å². The van der Waals surface area contributed by atoms with Crippen LogP contribution < -0.4 is 9.47 Å². The molecule has 2 aliphatic rings. The van der Waals surface area contributed by atoms with Gasteiger partial charge in [0.15, 0.2) is 11.5 Å². The second-order valence-electron chi connectivity index (χ2n) is 8.18. The quantitative estimate of drug-likeness (QED) is 0.636. The lowest BCUT2D eigenvalue weighted by Crippen LogP contribution is -2.47. The molecular formula is C20H28BrF2NO3. The molecule has 3 rings (SSSR count). The third-order valence-corrected chi connectivity index (χ3v) is 5.90. The third kappa shape index (κ3) is 4.74. The van der Waals surface area contributed by atoms with Gasteiger partial charge in [0, 0.05) is 19.1 Å². The Bertz CT molecular complexity index is 678. The fourth-order valence-corrected chi connectivity index (χ4v) is 4.84. The van der Waals surface area contributed by atoms with Crippen LogP contribution in [0.1, 0.15) is 50.8 Å². The number of halogens is 3. The first-order valence-corrected chi connectivity index (χ1v) is 10.2. The number of benzene rings is 1. The number of hydrogen-bond acceptors (Lipinski definition) is 4. The minimum absolute atomic E-state index is 0.144. The van der Waals surface area contributed by atoms with Gasteiger partial charge in [-0.25, -0.2) is 8.78 Å². The first-order valence-electron chi connectivity index (χ1n) is 9.41. The van der Waals surface area contributed by atoms with E-state index in [1.54, 1.807) is 0 Å². The highest BCUT2D eigenvalue weighted by atomic mass is 79.9. The van der Waals surface area contributed by atoms with E-state index in [4.69, 9.17) is 14.2 Å². The number of piperidine rings is 1. The molecule has 4 nitrogen and oxygen atoms in total. The molecule has 1 aromatic carbocycles. The molecule has 7 heteroatoms. The van der Waals surface area contributed by atoms with Crippen LogP contribution in [-0.2, 0) is 11.2 Å². The predicted molar refractivity (Wildman–Crippen MR) is 104 cm³/mol. The monoisotopic (exact) mass is 447 g/mol. The van der Waals surface area contributed by atoms with Gasteiger partial charge in [0.05, 0.1) is 23.3 Å². The van der Waals surface area contributed by atoms with Crippen molar-refractivity contribution in [3.8, 4) is 11.5 Å². The molecule has 0 radical (unpaired) electrons. The molecule has 152 valence electrons. The molecule has 0 bridgehead atoms. The van der Waals surface area contributed by atoms with Gasteiger partial charge < -0.3 is 14.2 Å². The van der Waals surface area contributed by atoms with Crippen molar-refractivity contribution in [3.63, 3.8) is 0 Å². The van der Waals surface area contributed by atoms with E-state index in [0.29, 0.717) is 17.5 Å². The Morgan fingerprint density at radius 3 is 2.67 bits per heavy atom. The Labute approximate surface area is 168 Å². The van der Waals surface area contributed by atoms with Gasteiger partial charge in [-0.3, -0.25) is 4.90 Å². The average molecular weight is 448 g/mol. The van der Waals surface area contributed by atoms with Crippen LogP contribution in [0.25, 0.3) is 0 Å². The van der Waals surface area contributed by atoms with E-state index in [2.05, 4.69) is 41.6 Å². The SMILES string of the molecule is COc1cc2c(c(Br)c1OCC(F)F)CCN1CC(OC(C)(C)C)CCC21. The highest BCUT2D eigenvalue weighted by molar-refractivity contribution is 9.10. The lowest BCUT2D eigenvalue weighted by molar-refractivity contribution is -0.0971. The van der Waals surface area contributed by atoms with Crippen LogP contribution in [-0.4, -0.2) is 49.8 Å². The Morgan fingerprint density at radius 2 is 2.04 bits per heavy atom. The Morgan fingerprint density at radius 1 is 1.30 bits per heavy atom. The molecule has 2 aliphatic heterocycles. The van der Waals surface area contributed by atoms with Gasteiger partial charge in [0.1, 0.15) is 6.61 Å². The fourth-order valence-electron chi connectivity index (χ4n) is 4.11. The maximum Gasteiger partial charge on any atom is 0.272 e. The first kappa shape index (κ1) is 20.8. The predicted octanol–water partition coefficient (Wildman–Crippen LogP) is 4.98. The molecule has 0 saturated carbocycles. The number of hydrogen-bond donors (Lipinski definition) is 0. The molecule has 1 saturated heterocycles. The van der Waals surface area contributed by atoms with Crippen molar-refractivity contribution in [1.82, 2.24) is 4.90 Å². The molecule has 2 heterocycles. The Balaban J connectivity index is 1.84. The van der Waals surface area contributed by atoms with Crippen molar-refractivity contribution in [1.29, 1.82) is 0 Å². The summed E-state index contributed by atoms with van der Waals surface area (Å²) in [5.41, 5.74) is 2.19. The van der Waals surface area contributed by atoms with Crippen molar-refractivity contribution in [3.05, 3.63) is 21.7 Å². The average Bonchev–Trinajstić information content (AvgIpc) is 2.58. The smallest absolute Gasteiger partial charge is 0.272 e. The summed E-state index contributed by atoms with van der Waals surface area (Å²) in [6.45, 7) is 7.45. The topological polar surface area (TPSA) is 30.9 Å². The number of rotatable bonds is 5. The zero-order valence-corrected chi connectivity index (χ0v) is 17.9. The Hall–Kier alpha value is -0.920. The van der Waals surface area contributed by atoms with Gasteiger partial charge in [-0.05, 0) is 73.2 Å². The normalized spacial score (nSPS) is 23.1. The van der Waals surface area contributed by atoms with Crippen LogP contribution in [0.5, 0.6) is 11.5 Å². The van der Waals surface area contributed by atoms with E-state index in [1.165, 1.54) is 12.7 Å². The standard InChI is InChI=1S/C20H28BrF2NO3/c1-20(2,3)27-12-5-6-15-14-9-16(25-4)19(26-11-17(22)23)18(21)13(14)7-8-24(15)10-12/h9,12,15,17H,5-8,10-11H2,1-4H3. The van der Waals surface area contributed by atoms with E-state index in [1.807, 2.05) is 6.07 Å². The molecule has 0 amide bonds. The largest absolute Gasteiger partial charge is 0.493 e. The van der Waals surface area contributed by atoms with Crippen molar-refractivity contribution >= 4 is 15.9 Å². The van der Waals surface area contributed by atoms with E-state index in [9.17, 15) is 8.78 Å². The van der Waals surface area contributed by atoms with Crippen molar-refractivity contribution < 1.29 is 23.0 Å². The van der Waals surface area contributed by atoms with Gasteiger partial charge in [-0.15, -0.1) is 0 Å². The summed E-state index contributed by atoms with van der Waals surface area (Å²) < 4.78 is 42.9. The van der Waals surface area contributed by atoms with E-state index >= 15 is 0 Å². The summed E-state index contributed by atoms with van der Waals surface area (Å²) in [5, 5.41) is 0. The molecule has 2 unspecified atom stereocenters. The minimum atomic E-state index is -2.52. The molecule has 27 heavy (non-hydrogen) atoms. The molecule has 2 atom stereocenters. The number of nitrogens with zero attached hydrogens (tertiary/aromatic N) is 1. The summed E-state index contributed by atoms with van der Waals surface area (Å²) >= 11 is 3.58. The number of alkyl halides is 2. The number of methoxy groups -OCH3 is 1. The minimum Gasteiger partial charge on any atom is -0.493 e. The van der Waals surface area contributed by atoms with Gasteiger partial charge in [-0.2, -0.15) is 0 Å². The van der Waals surface area contributed by atoms with E-state index < -0.39 is 13.0 Å². The highest BCUT2D eigenvalue weighted by Gasteiger charge is 2.37. The number of ether oxygens (including phenoxy) is 3. The zero-order chi connectivity index (χ0) is 19.8. The first-order chi connectivity index (χ1) is 12.7. The van der Waals surface area contributed by atoms with Crippen LogP contribution in [0.3, 0.4) is 0 Å². The molecule has 0 spiro atoms. The van der Waals surface area contributed by atoms with Crippen LogP contribution in [0.15, 0.2) is 10.5 Å². The molecule has 0 aliphatic carbocycles. The molecular weight excluding hydrogens is 420 g/mol. The third-order valence-electron chi connectivity index (χ3n) is 5.07. The summed E-state index contributed by atoms with van der Waals surface area (Å²) in [7, 11) is 1.54. The maximum atomic E-state index is 12.6. The van der Waals surface area contributed by atoms with Gasteiger partial charge >= 0.3 is 0 Å². The van der Waals surface area contributed by atoms with Crippen LogP contribution >= 0.6 is 15.9 Å². The molecule has 0 aromatic heterocycles. The molecule has 1 aromatic rings. The Kier molecular flexibility index (Phi) is 6.33. The molecule has 1 fully saturated rings. The van der Waals surface area contributed by atoms with Crippen LogP contribution in [0, 0.1) is 0 Å². The summed E-state index contributed by atoms with van der Waals surface area (Å²) in [4.78, 5) is 2.47. The van der Waals surface area contributed by atoms with Crippen molar-refractivity contribution in [2.45, 2.75) is 64.2 Å². The molecule has 0 N–H and O–H groups in total. The fraction of sp³-hybridized carbons (Fsp3) is 0.700. The van der Waals surface area contributed by atoms with Crippen molar-refractivity contribution in [2.75, 3.05) is 26.8 Å². The second-order valence-corrected chi connectivity index (χ2v) is 8.98. The summed E-state index contributed by atoms with van der Waals surface area (Å²) in [6.07, 6.45) is 0.555.